The Kier molecular flexibility index (Phi) is 4.70. The van der Waals surface area contributed by atoms with Crippen LogP contribution in [0.4, 0.5) is 0 Å². The number of nitrogens with one attached hydrogen (secondary N) is 2. The molecule has 1 aliphatic carbocycles. The molecule has 4 N–H and O–H groups in total. The van der Waals surface area contributed by atoms with Gasteiger partial charge in [0.25, 0.3) is 0 Å². The lowest BCUT2D eigenvalue weighted by molar-refractivity contribution is -0.140. The second-order valence-corrected chi connectivity index (χ2v) is 3.97. The third-order valence-electron chi connectivity index (χ3n) is 2.91. The maximum Gasteiger partial charge on any atom is 0.309 e. The topological polar surface area (TPSA) is 93.4 Å². The molecule has 0 heterocycles. The van der Waals surface area contributed by atoms with Crippen LogP contribution in [0, 0.1) is 0 Å². The van der Waals surface area contributed by atoms with Crippen molar-refractivity contribution in [2.75, 3.05) is 26.7 Å². The third kappa shape index (κ3) is 3.18. The lowest BCUT2D eigenvalue weighted by Crippen LogP contribution is -2.52. The van der Waals surface area contributed by atoms with Gasteiger partial charge in [-0.1, -0.05) is 0 Å². The molecule has 2 amide bonds. The number of hydrogen-bond donors (Lipinski definition) is 3. The molecular weight excluding hydrogens is 210 g/mol. The van der Waals surface area contributed by atoms with E-state index in [1.807, 2.05) is 0 Å². The highest BCUT2D eigenvalue weighted by Crippen LogP contribution is 2.34. The fourth-order valence-electron chi connectivity index (χ4n) is 1.61. The van der Waals surface area contributed by atoms with Crippen LogP contribution in [0.5, 0.6) is 0 Å². The van der Waals surface area contributed by atoms with Gasteiger partial charge in [-0.3, -0.25) is 9.59 Å². The maximum absolute atomic E-state index is 11.3. The van der Waals surface area contributed by atoms with Gasteiger partial charge in [-0.05, 0) is 19.3 Å². The summed E-state index contributed by atoms with van der Waals surface area (Å²) in [6, 6.07) is 0. The largest absolute Gasteiger partial charge is 0.376 e. The average Bonchev–Trinajstić information content (AvgIpc) is 2.24. The van der Waals surface area contributed by atoms with E-state index in [1.165, 1.54) is 0 Å². The fraction of sp³-hybridized carbons (Fsp3) is 0.800. The number of carbonyl (C=O) groups excluding carboxylic acids is 2. The summed E-state index contributed by atoms with van der Waals surface area (Å²) in [6.07, 6.45) is 2.95. The molecule has 0 aliphatic heterocycles. The number of rotatable bonds is 5. The predicted molar refractivity (Wildman–Crippen MR) is 58.7 cm³/mol. The van der Waals surface area contributed by atoms with Crippen molar-refractivity contribution in [3.8, 4) is 0 Å². The zero-order chi connectivity index (χ0) is 12.0. The van der Waals surface area contributed by atoms with Gasteiger partial charge in [0.1, 0.15) is 0 Å². The first-order valence-electron chi connectivity index (χ1n) is 5.45. The molecule has 1 saturated carbocycles. The van der Waals surface area contributed by atoms with Gasteiger partial charge in [0.15, 0.2) is 0 Å². The Hall–Kier alpha value is -1.14. The van der Waals surface area contributed by atoms with Gasteiger partial charge in [-0.25, -0.2) is 0 Å². The summed E-state index contributed by atoms with van der Waals surface area (Å²) in [6.45, 7) is 1.01. The van der Waals surface area contributed by atoms with Crippen LogP contribution in [0.2, 0.25) is 0 Å². The van der Waals surface area contributed by atoms with Crippen LogP contribution in [0.25, 0.3) is 0 Å². The van der Waals surface area contributed by atoms with E-state index < -0.39 is 11.8 Å². The van der Waals surface area contributed by atoms with E-state index >= 15 is 0 Å². The summed E-state index contributed by atoms with van der Waals surface area (Å²) in [5.41, 5.74) is 4.95. The zero-order valence-electron chi connectivity index (χ0n) is 9.54. The monoisotopic (exact) mass is 229 g/mol. The summed E-state index contributed by atoms with van der Waals surface area (Å²) in [4.78, 5) is 22.5. The van der Waals surface area contributed by atoms with Crippen molar-refractivity contribution in [1.82, 2.24) is 10.6 Å². The van der Waals surface area contributed by atoms with Crippen LogP contribution in [0.3, 0.4) is 0 Å². The molecule has 6 nitrogen and oxygen atoms in total. The Balaban J connectivity index is 2.26. The Morgan fingerprint density at radius 2 is 1.94 bits per heavy atom. The van der Waals surface area contributed by atoms with Crippen molar-refractivity contribution in [3.05, 3.63) is 0 Å². The Morgan fingerprint density at radius 1 is 1.31 bits per heavy atom. The molecule has 1 fully saturated rings. The van der Waals surface area contributed by atoms with E-state index in [1.54, 1.807) is 7.11 Å². The number of amides is 2. The summed E-state index contributed by atoms with van der Waals surface area (Å²) >= 11 is 0. The average molecular weight is 229 g/mol. The van der Waals surface area contributed by atoms with E-state index in [2.05, 4.69) is 10.6 Å². The van der Waals surface area contributed by atoms with E-state index in [0.717, 1.165) is 19.3 Å². The smallest absolute Gasteiger partial charge is 0.309 e. The van der Waals surface area contributed by atoms with Gasteiger partial charge in [-0.2, -0.15) is 0 Å². The minimum Gasteiger partial charge on any atom is -0.376 e. The third-order valence-corrected chi connectivity index (χ3v) is 2.91. The van der Waals surface area contributed by atoms with Crippen LogP contribution in [0.15, 0.2) is 0 Å². The number of methoxy groups -OCH3 is 1. The first-order chi connectivity index (χ1) is 7.63. The van der Waals surface area contributed by atoms with Gasteiger partial charge in [0, 0.05) is 26.7 Å². The summed E-state index contributed by atoms with van der Waals surface area (Å²) in [7, 11) is 1.62. The quantitative estimate of drug-likeness (QED) is 0.513. The molecule has 0 unspecified atom stereocenters. The highest BCUT2D eigenvalue weighted by atomic mass is 16.5. The van der Waals surface area contributed by atoms with E-state index in [4.69, 9.17) is 10.5 Å². The molecule has 0 aromatic heterocycles. The Labute approximate surface area is 94.9 Å². The lowest BCUT2D eigenvalue weighted by atomic mass is 9.80. The van der Waals surface area contributed by atoms with Crippen molar-refractivity contribution >= 4 is 11.8 Å². The molecule has 16 heavy (non-hydrogen) atoms. The minimum atomic E-state index is -0.643. The normalized spacial score (nSPS) is 17.4. The molecule has 0 saturated heterocycles. The van der Waals surface area contributed by atoms with Crippen LogP contribution in [-0.4, -0.2) is 44.2 Å². The molecule has 0 bridgehead atoms. The van der Waals surface area contributed by atoms with Crippen molar-refractivity contribution in [3.63, 3.8) is 0 Å². The van der Waals surface area contributed by atoms with Crippen LogP contribution < -0.4 is 16.4 Å². The van der Waals surface area contributed by atoms with Gasteiger partial charge < -0.3 is 21.1 Å². The second-order valence-electron chi connectivity index (χ2n) is 3.97. The number of carbonyl (C=O) groups is 2. The van der Waals surface area contributed by atoms with Crippen molar-refractivity contribution < 1.29 is 14.3 Å². The van der Waals surface area contributed by atoms with Crippen LogP contribution in [-0.2, 0) is 14.3 Å². The van der Waals surface area contributed by atoms with E-state index in [0.29, 0.717) is 19.6 Å². The van der Waals surface area contributed by atoms with Crippen LogP contribution >= 0.6 is 0 Å². The van der Waals surface area contributed by atoms with Crippen molar-refractivity contribution in [2.45, 2.75) is 24.9 Å². The molecule has 0 aromatic carbocycles. The molecule has 1 aliphatic rings. The number of ether oxygens (including phenoxy) is 1. The summed E-state index contributed by atoms with van der Waals surface area (Å²) < 4.78 is 5.32. The van der Waals surface area contributed by atoms with Crippen molar-refractivity contribution in [2.24, 2.45) is 5.73 Å². The first-order valence-corrected chi connectivity index (χ1v) is 5.45. The van der Waals surface area contributed by atoms with Gasteiger partial charge in [0.2, 0.25) is 0 Å². The SMILES string of the molecule is COC1(CNC(=O)C(=O)NCCN)CCC1. The standard InChI is InChI=1S/C10H19N3O3/c1-16-10(3-2-4-10)7-13-9(15)8(14)12-6-5-11/h2-7,11H2,1H3,(H,12,14)(H,13,15). The summed E-state index contributed by atoms with van der Waals surface area (Å²) in [5.74, 6) is -1.27. The molecular formula is C10H19N3O3. The molecule has 0 spiro atoms. The molecule has 92 valence electrons. The number of hydrogen-bond acceptors (Lipinski definition) is 4. The van der Waals surface area contributed by atoms with Crippen molar-refractivity contribution in [1.29, 1.82) is 0 Å². The highest BCUT2D eigenvalue weighted by Gasteiger charge is 2.37. The van der Waals surface area contributed by atoms with Gasteiger partial charge in [-0.15, -0.1) is 0 Å². The Bertz CT molecular complexity index is 259. The summed E-state index contributed by atoms with van der Waals surface area (Å²) in [5, 5.41) is 4.97. The van der Waals surface area contributed by atoms with Crippen LogP contribution in [0.1, 0.15) is 19.3 Å². The molecule has 0 aromatic rings. The zero-order valence-corrected chi connectivity index (χ0v) is 9.54. The first kappa shape index (κ1) is 12.9. The highest BCUT2D eigenvalue weighted by molar-refractivity contribution is 6.35. The lowest BCUT2D eigenvalue weighted by Gasteiger charge is -2.40. The number of nitrogens with two attached hydrogens (primary N) is 1. The maximum atomic E-state index is 11.3. The second kappa shape index (κ2) is 5.81. The van der Waals surface area contributed by atoms with Gasteiger partial charge >= 0.3 is 11.8 Å². The molecule has 6 heteroatoms. The molecule has 0 atom stereocenters. The van der Waals surface area contributed by atoms with E-state index in [-0.39, 0.29) is 5.60 Å². The molecule has 1 rings (SSSR count). The minimum absolute atomic E-state index is 0.260. The van der Waals surface area contributed by atoms with Gasteiger partial charge in [0.05, 0.1) is 5.60 Å². The fourth-order valence-corrected chi connectivity index (χ4v) is 1.61. The predicted octanol–water partition coefficient (Wildman–Crippen LogP) is -1.25. The molecule has 0 radical (unpaired) electrons. The Morgan fingerprint density at radius 3 is 2.38 bits per heavy atom. The van der Waals surface area contributed by atoms with E-state index in [9.17, 15) is 9.59 Å².